The van der Waals surface area contributed by atoms with Crippen LogP contribution in [0.5, 0.6) is 0 Å². The molecule has 23 heavy (non-hydrogen) atoms. The lowest BCUT2D eigenvalue weighted by Crippen LogP contribution is -2.41. The van der Waals surface area contributed by atoms with E-state index in [0.717, 1.165) is 37.2 Å². The van der Waals surface area contributed by atoms with Crippen LogP contribution in [-0.4, -0.2) is 47.6 Å². The molecule has 0 aliphatic carbocycles. The van der Waals surface area contributed by atoms with Crippen LogP contribution >= 0.6 is 0 Å². The van der Waals surface area contributed by atoms with Gasteiger partial charge in [0.05, 0.1) is 17.9 Å². The Bertz CT molecular complexity index is 641. The zero-order valence-electron chi connectivity index (χ0n) is 13.3. The quantitative estimate of drug-likeness (QED) is 0.871. The fraction of sp³-hybridized carbons (Fsp3) is 0.389. The van der Waals surface area contributed by atoms with Crippen LogP contribution in [0.2, 0.25) is 0 Å². The highest BCUT2D eigenvalue weighted by atomic mass is 16.5. The molecular weight excluding hydrogens is 290 g/mol. The van der Waals surface area contributed by atoms with Crippen molar-refractivity contribution >= 4 is 5.91 Å². The van der Waals surface area contributed by atoms with E-state index in [0.29, 0.717) is 18.1 Å². The molecule has 1 saturated heterocycles. The number of carbonyl (C=O) groups excluding carboxylic acids is 1. The molecule has 5 nitrogen and oxygen atoms in total. The monoisotopic (exact) mass is 311 g/mol. The molecule has 2 aromatic heterocycles. The van der Waals surface area contributed by atoms with Crippen molar-refractivity contribution in [2.24, 2.45) is 5.92 Å². The molecule has 1 unspecified atom stereocenters. The summed E-state index contributed by atoms with van der Waals surface area (Å²) in [4.78, 5) is 23.0. The van der Waals surface area contributed by atoms with Crippen molar-refractivity contribution in [2.45, 2.75) is 12.8 Å². The zero-order chi connectivity index (χ0) is 16.1. The Morgan fingerprint density at radius 2 is 2.26 bits per heavy atom. The molecule has 3 rings (SSSR count). The predicted molar refractivity (Wildman–Crippen MR) is 88.0 cm³/mol. The predicted octanol–water partition coefficient (Wildman–Crippen LogP) is 2.64. The van der Waals surface area contributed by atoms with E-state index >= 15 is 0 Å². The number of nitrogens with zero attached hydrogens (tertiary/aromatic N) is 3. The lowest BCUT2D eigenvalue weighted by atomic mass is 9.98. The topological polar surface area (TPSA) is 55.3 Å². The summed E-state index contributed by atoms with van der Waals surface area (Å²) in [6.07, 6.45) is 7.30. The molecule has 0 aromatic carbocycles. The molecule has 0 saturated carbocycles. The number of likely N-dealkylation sites (tertiary alicyclic amines) is 1. The Balaban J connectivity index is 1.70. The van der Waals surface area contributed by atoms with E-state index in [9.17, 15) is 4.79 Å². The molecule has 120 valence electrons. The molecule has 2 aromatic rings. The summed E-state index contributed by atoms with van der Waals surface area (Å²) in [5.74, 6) is 0.483. The Hall–Kier alpha value is -2.27. The molecule has 1 amide bonds. The molecule has 1 atom stereocenters. The van der Waals surface area contributed by atoms with E-state index in [4.69, 9.17) is 4.74 Å². The summed E-state index contributed by atoms with van der Waals surface area (Å²) >= 11 is 0. The first-order valence-electron chi connectivity index (χ1n) is 7.92. The maximum Gasteiger partial charge on any atom is 0.255 e. The van der Waals surface area contributed by atoms with Crippen molar-refractivity contribution in [3.63, 3.8) is 0 Å². The van der Waals surface area contributed by atoms with Gasteiger partial charge in [-0.3, -0.25) is 14.8 Å². The van der Waals surface area contributed by atoms with Gasteiger partial charge in [-0.15, -0.1) is 0 Å². The molecule has 0 spiro atoms. The van der Waals surface area contributed by atoms with Gasteiger partial charge < -0.3 is 9.64 Å². The van der Waals surface area contributed by atoms with Gasteiger partial charge in [0.1, 0.15) is 0 Å². The van der Waals surface area contributed by atoms with Gasteiger partial charge in [0.25, 0.3) is 5.91 Å². The first-order chi connectivity index (χ1) is 11.3. The minimum atomic E-state index is 0.0519. The number of rotatable bonds is 4. The van der Waals surface area contributed by atoms with E-state index < -0.39 is 0 Å². The van der Waals surface area contributed by atoms with Crippen LogP contribution < -0.4 is 0 Å². The number of piperidine rings is 1. The summed E-state index contributed by atoms with van der Waals surface area (Å²) in [6.45, 7) is 2.28. The number of aromatic nitrogens is 2. The third kappa shape index (κ3) is 3.74. The van der Waals surface area contributed by atoms with Gasteiger partial charge in [0.2, 0.25) is 0 Å². The van der Waals surface area contributed by atoms with Crippen LogP contribution in [-0.2, 0) is 4.74 Å². The van der Waals surface area contributed by atoms with E-state index in [1.54, 1.807) is 25.7 Å². The molecule has 1 aliphatic rings. The summed E-state index contributed by atoms with van der Waals surface area (Å²) < 4.78 is 5.22. The van der Waals surface area contributed by atoms with Crippen molar-refractivity contribution in [3.8, 4) is 11.3 Å². The number of amides is 1. The molecule has 1 aliphatic heterocycles. The van der Waals surface area contributed by atoms with Gasteiger partial charge in [-0.1, -0.05) is 0 Å². The summed E-state index contributed by atoms with van der Waals surface area (Å²) in [7, 11) is 1.71. The number of hydrogen-bond donors (Lipinski definition) is 0. The van der Waals surface area contributed by atoms with Crippen molar-refractivity contribution in [2.75, 3.05) is 26.8 Å². The minimum absolute atomic E-state index is 0.0519. The van der Waals surface area contributed by atoms with Crippen LogP contribution in [0.25, 0.3) is 11.3 Å². The second-order valence-corrected chi connectivity index (χ2v) is 5.89. The van der Waals surface area contributed by atoms with Crippen LogP contribution in [0.3, 0.4) is 0 Å². The second-order valence-electron chi connectivity index (χ2n) is 5.89. The highest BCUT2D eigenvalue weighted by molar-refractivity contribution is 5.94. The third-order valence-electron chi connectivity index (χ3n) is 4.18. The molecule has 5 heteroatoms. The molecule has 1 fully saturated rings. The Labute approximate surface area is 136 Å². The number of hydrogen-bond acceptors (Lipinski definition) is 4. The Morgan fingerprint density at radius 3 is 2.96 bits per heavy atom. The lowest BCUT2D eigenvalue weighted by Gasteiger charge is -2.32. The zero-order valence-corrected chi connectivity index (χ0v) is 13.3. The Morgan fingerprint density at radius 1 is 1.35 bits per heavy atom. The standard InChI is InChI=1S/C18H21N3O2/c1-23-13-14-4-3-9-21(12-14)18(22)16-6-7-17(20-11-16)15-5-2-8-19-10-15/h2,5-8,10-11,14H,3-4,9,12-13H2,1H3. The van der Waals surface area contributed by atoms with Crippen LogP contribution in [0.1, 0.15) is 23.2 Å². The fourth-order valence-electron chi connectivity index (χ4n) is 3.01. The van der Waals surface area contributed by atoms with Gasteiger partial charge in [0, 0.05) is 44.4 Å². The van der Waals surface area contributed by atoms with Gasteiger partial charge in [0.15, 0.2) is 0 Å². The van der Waals surface area contributed by atoms with E-state index in [1.165, 1.54) is 0 Å². The van der Waals surface area contributed by atoms with Crippen LogP contribution in [0.4, 0.5) is 0 Å². The maximum absolute atomic E-state index is 12.6. The smallest absolute Gasteiger partial charge is 0.255 e. The molecule has 0 bridgehead atoms. The van der Waals surface area contributed by atoms with Gasteiger partial charge in [-0.25, -0.2) is 0 Å². The van der Waals surface area contributed by atoms with E-state index in [-0.39, 0.29) is 5.91 Å². The van der Waals surface area contributed by atoms with Crippen molar-refractivity contribution in [1.82, 2.24) is 14.9 Å². The SMILES string of the molecule is COCC1CCCN(C(=O)c2ccc(-c3cccnc3)nc2)C1. The summed E-state index contributed by atoms with van der Waals surface area (Å²) in [5, 5.41) is 0. The lowest BCUT2D eigenvalue weighted by molar-refractivity contribution is 0.0570. The number of pyridine rings is 2. The normalized spacial score (nSPS) is 18.0. The largest absolute Gasteiger partial charge is 0.384 e. The average molecular weight is 311 g/mol. The highest BCUT2D eigenvalue weighted by Crippen LogP contribution is 2.20. The molecule has 0 N–H and O–H groups in total. The van der Waals surface area contributed by atoms with Crippen LogP contribution in [0.15, 0.2) is 42.9 Å². The number of methoxy groups -OCH3 is 1. The van der Waals surface area contributed by atoms with Crippen molar-refractivity contribution < 1.29 is 9.53 Å². The number of carbonyl (C=O) groups is 1. The molecular formula is C18H21N3O2. The van der Waals surface area contributed by atoms with E-state index in [2.05, 4.69) is 9.97 Å². The summed E-state index contributed by atoms with van der Waals surface area (Å²) in [5.41, 5.74) is 2.41. The van der Waals surface area contributed by atoms with Gasteiger partial charge in [-0.2, -0.15) is 0 Å². The maximum atomic E-state index is 12.6. The Kier molecular flexibility index (Phi) is 4.98. The first kappa shape index (κ1) is 15.6. The second kappa shape index (κ2) is 7.33. The van der Waals surface area contributed by atoms with Crippen LogP contribution in [0, 0.1) is 5.92 Å². The van der Waals surface area contributed by atoms with E-state index in [1.807, 2.05) is 29.2 Å². The fourth-order valence-corrected chi connectivity index (χ4v) is 3.01. The number of ether oxygens (including phenoxy) is 1. The van der Waals surface area contributed by atoms with Gasteiger partial charge >= 0.3 is 0 Å². The van der Waals surface area contributed by atoms with Gasteiger partial charge in [-0.05, 0) is 43.0 Å². The summed E-state index contributed by atoms with van der Waals surface area (Å²) in [6, 6.07) is 7.55. The third-order valence-corrected chi connectivity index (χ3v) is 4.18. The highest BCUT2D eigenvalue weighted by Gasteiger charge is 2.24. The average Bonchev–Trinajstić information content (AvgIpc) is 2.62. The van der Waals surface area contributed by atoms with Crippen molar-refractivity contribution in [1.29, 1.82) is 0 Å². The molecule has 3 heterocycles. The minimum Gasteiger partial charge on any atom is -0.384 e. The molecule has 0 radical (unpaired) electrons. The first-order valence-corrected chi connectivity index (χ1v) is 7.92. The van der Waals surface area contributed by atoms with Crippen molar-refractivity contribution in [3.05, 3.63) is 48.4 Å².